The highest BCUT2D eigenvalue weighted by molar-refractivity contribution is 5.77. The summed E-state index contributed by atoms with van der Waals surface area (Å²) in [6.07, 6.45) is 1.96. The molecule has 0 aliphatic carbocycles. The summed E-state index contributed by atoms with van der Waals surface area (Å²) in [4.78, 5) is 20.5. The van der Waals surface area contributed by atoms with Gasteiger partial charge in [-0.15, -0.1) is 0 Å². The molecule has 0 unspecified atom stereocenters. The number of rotatable bonds is 7. The summed E-state index contributed by atoms with van der Waals surface area (Å²) in [6.45, 7) is 6.30. The fourth-order valence-electron chi connectivity index (χ4n) is 2.06. The van der Waals surface area contributed by atoms with E-state index >= 15 is 0 Å². The molecular formula is C18H22FN3O2. The molecule has 2 rings (SSSR count). The van der Waals surface area contributed by atoms with E-state index in [4.69, 9.17) is 4.74 Å². The van der Waals surface area contributed by atoms with E-state index in [1.807, 2.05) is 13.8 Å². The van der Waals surface area contributed by atoms with Crippen molar-refractivity contribution in [1.82, 2.24) is 15.3 Å². The van der Waals surface area contributed by atoms with Gasteiger partial charge in [0.15, 0.2) is 12.4 Å². The van der Waals surface area contributed by atoms with Crippen LogP contribution in [0.1, 0.15) is 31.0 Å². The van der Waals surface area contributed by atoms with Crippen LogP contribution in [-0.4, -0.2) is 29.0 Å². The fourth-order valence-corrected chi connectivity index (χ4v) is 2.06. The summed E-state index contributed by atoms with van der Waals surface area (Å²) in [5.74, 6) is 0.317. The predicted molar refractivity (Wildman–Crippen MR) is 90.3 cm³/mol. The number of nitrogens with zero attached hydrogens (tertiary/aromatic N) is 2. The van der Waals surface area contributed by atoms with Crippen LogP contribution in [0.2, 0.25) is 0 Å². The van der Waals surface area contributed by atoms with Crippen LogP contribution in [0.3, 0.4) is 0 Å². The van der Waals surface area contributed by atoms with Gasteiger partial charge in [0.1, 0.15) is 5.82 Å². The number of unbranched alkanes of at least 4 members (excludes halogenated alkanes) is 1. The number of carbonyl (C=O) groups is 1. The molecule has 0 atom stereocenters. The zero-order valence-corrected chi connectivity index (χ0v) is 14.2. The second kappa shape index (κ2) is 8.38. The van der Waals surface area contributed by atoms with Gasteiger partial charge >= 0.3 is 0 Å². The molecule has 1 heterocycles. The maximum absolute atomic E-state index is 13.1. The molecule has 2 aromatic rings. The summed E-state index contributed by atoms with van der Waals surface area (Å²) < 4.78 is 18.6. The Balaban J connectivity index is 2.12. The number of nitrogens with one attached hydrogen (secondary N) is 1. The van der Waals surface area contributed by atoms with Gasteiger partial charge in [0.2, 0.25) is 5.88 Å². The first kappa shape index (κ1) is 17.8. The zero-order chi connectivity index (χ0) is 17.5. The second-order valence-electron chi connectivity index (χ2n) is 5.56. The Hall–Kier alpha value is -2.50. The maximum Gasteiger partial charge on any atom is 0.258 e. The van der Waals surface area contributed by atoms with E-state index in [9.17, 15) is 9.18 Å². The Labute approximate surface area is 141 Å². The molecule has 0 saturated carbocycles. The molecule has 0 radical (unpaired) electrons. The minimum absolute atomic E-state index is 0.0934. The first-order valence-corrected chi connectivity index (χ1v) is 8.02. The normalized spacial score (nSPS) is 10.5. The van der Waals surface area contributed by atoms with Gasteiger partial charge in [-0.25, -0.2) is 9.37 Å². The van der Waals surface area contributed by atoms with Gasteiger partial charge in [-0.05, 0) is 44.5 Å². The molecular weight excluding hydrogens is 309 g/mol. The van der Waals surface area contributed by atoms with Crippen molar-refractivity contribution in [2.24, 2.45) is 0 Å². The number of hydrogen-bond donors (Lipinski definition) is 1. The number of benzene rings is 1. The molecule has 1 N–H and O–H groups in total. The summed E-state index contributed by atoms with van der Waals surface area (Å²) in [7, 11) is 0. The maximum atomic E-state index is 13.1. The fraction of sp³-hybridized carbons (Fsp3) is 0.389. The van der Waals surface area contributed by atoms with Gasteiger partial charge < -0.3 is 10.1 Å². The zero-order valence-electron chi connectivity index (χ0n) is 14.2. The standard InChI is InChI=1S/C18H22FN3O2/c1-4-5-10-20-16(23)11-24-18-12(2)13(3)21-17(22-18)14-6-8-15(19)9-7-14/h6-9H,4-5,10-11H2,1-3H3,(H,20,23). The third-order valence-corrected chi connectivity index (χ3v) is 3.64. The average molecular weight is 331 g/mol. The molecule has 0 aliphatic rings. The molecule has 128 valence electrons. The highest BCUT2D eigenvalue weighted by Crippen LogP contribution is 2.23. The summed E-state index contributed by atoms with van der Waals surface area (Å²) in [5.41, 5.74) is 2.23. The number of amides is 1. The Morgan fingerprint density at radius 2 is 1.92 bits per heavy atom. The van der Waals surface area contributed by atoms with Crippen LogP contribution < -0.4 is 10.1 Å². The quantitative estimate of drug-likeness (QED) is 0.791. The molecule has 1 aromatic carbocycles. The highest BCUT2D eigenvalue weighted by Gasteiger charge is 2.12. The van der Waals surface area contributed by atoms with Gasteiger partial charge in [0.05, 0.1) is 0 Å². The molecule has 0 fully saturated rings. The monoisotopic (exact) mass is 331 g/mol. The largest absolute Gasteiger partial charge is 0.467 e. The van der Waals surface area contributed by atoms with Crippen molar-refractivity contribution in [3.63, 3.8) is 0 Å². The lowest BCUT2D eigenvalue weighted by molar-refractivity contribution is -0.123. The van der Waals surface area contributed by atoms with Crippen molar-refractivity contribution < 1.29 is 13.9 Å². The Morgan fingerprint density at radius 3 is 2.58 bits per heavy atom. The van der Waals surface area contributed by atoms with Crippen molar-refractivity contribution in [2.45, 2.75) is 33.6 Å². The van der Waals surface area contributed by atoms with Gasteiger partial charge in [0.25, 0.3) is 5.91 Å². The van der Waals surface area contributed by atoms with Crippen molar-refractivity contribution >= 4 is 5.91 Å². The SMILES string of the molecule is CCCCNC(=O)COc1nc(-c2ccc(F)cc2)nc(C)c1C. The van der Waals surface area contributed by atoms with Crippen LogP contribution in [0.4, 0.5) is 4.39 Å². The lowest BCUT2D eigenvalue weighted by Crippen LogP contribution is -2.30. The van der Waals surface area contributed by atoms with Crippen molar-refractivity contribution in [2.75, 3.05) is 13.2 Å². The van der Waals surface area contributed by atoms with Crippen molar-refractivity contribution in [1.29, 1.82) is 0 Å². The predicted octanol–water partition coefficient (Wildman–Crippen LogP) is 3.19. The Kier molecular flexibility index (Phi) is 6.23. The third kappa shape index (κ3) is 4.75. The van der Waals surface area contributed by atoms with Crippen molar-refractivity contribution in [3.05, 3.63) is 41.3 Å². The lowest BCUT2D eigenvalue weighted by atomic mass is 10.2. The molecule has 24 heavy (non-hydrogen) atoms. The molecule has 0 spiro atoms. The molecule has 0 aliphatic heterocycles. The van der Waals surface area contributed by atoms with Crippen molar-refractivity contribution in [3.8, 4) is 17.3 Å². The first-order chi connectivity index (χ1) is 11.5. The van der Waals surface area contributed by atoms with Crippen LogP contribution in [0.15, 0.2) is 24.3 Å². The third-order valence-electron chi connectivity index (χ3n) is 3.64. The van der Waals surface area contributed by atoms with E-state index in [0.717, 1.165) is 24.1 Å². The van der Waals surface area contributed by atoms with Crippen LogP contribution in [0.25, 0.3) is 11.4 Å². The number of aryl methyl sites for hydroxylation is 1. The molecule has 1 aromatic heterocycles. The highest BCUT2D eigenvalue weighted by atomic mass is 19.1. The number of ether oxygens (including phenoxy) is 1. The van der Waals surface area contributed by atoms with Crippen LogP contribution in [-0.2, 0) is 4.79 Å². The summed E-state index contributed by atoms with van der Waals surface area (Å²) >= 11 is 0. The smallest absolute Gasteiger partial charge is 0.258 e. The molecule has 6 heteroatoms. The minimum Gasteiger partial charge on any atom is -0.467 e. The minimum atomic E-state index is -0.317. The van der Waals surface area contributed by atoms with Gasteiger partial charge in [-0.3, -0.25) is 4.79 Å². The van der Waals surface area contributed by atoms with Crippen LogP contribution in [0, 0.1) is 19.7 Å². The molecule has 1 amide bonds. The van der Waals surface area contributed by atoms with E-state index in [0.29, 0.717) is 23.8 Å². The second-order valence-corrected chi connectivity index (χ2v) is 5.56. The molecule has 0 bridgehead atoms. The van der Waals surface area contributed by atoms with E-state index in [1.165, 1.54) is 12.1 Å². The van der Waals surface area contributed by atoms with E-state index in [1.54, 1.807) is 12.1 Å². The molecule has 5 nitrogen and oxygen atoms in total. The average Bonchev–Trinajstić information content (AvgIpc) is 2.57. The van der Waals surface area contributed by atoms with E-state index < -0.39 is 0 Å². The van der Waals surface area contributed by atoms with E-state index in [2.05, 4.69) is 22.2 Å². The van der Waals surface area contributed by atoms with Gasteiger partial charge in [-0.2, -0.15) is 4.98 Å². The topological polar surface area (TPSA) is 64.1 Å². The number of halogens is 1. The van der Waals surface area contributed by atoms with E-state index in [-0.39, 0.29) is 18.3 Å². The van der Waals surface area contributed by atoms with Gasteiger partial charge in [-0.1, -0.05) is 13.3 Å². The Morgan fingerprint density at radius 1 is 1.21 bits per heavy atom. The summed E-state index contributed by atoms with van der Waals surface area (Å²) in [6, 6.07) is 5.94. The number of carbonyl (C=O) groups excluding carboxylic acids is 1. The van der Waals surface area contributed by atoms with Crippen LogP contribution >= 0.6 is 0 Å². The first-order valence-electron chi connectivity index (χ1n) is 8.02. The summed E-state index contributed by atoms with van der Waals surface area (Å²) in [5, 5.41) is 2.79. The number of hydrogen-bond acceptors (Lipinski definition) is 4. The Bertz CT molecular complexity index is 702. The lowest BCUT2D eigenvalue weighted by Gasteiger charge is -2.12. The number of aromatic nitrogens is 2. The van der Waals surface area contributed by atoms with Gasteiger partial charge in [0, 0.05) is 23.4 Å². The van der Waals surface area contributed by atoms with Crippen LogP contribution in [0.5, 0.6) is 5.88 Å². The molecule has 0 saturated heterocycles.